The lowest BCUT2D eigenvalue weighted by Gasteiger charge is -2.08. The molecule has 4 rings (SSSR count). The summed E-state index contributed by atoms with van der Waals surface area (Å²) in [6.45, 7) is 1.97. The highest BCUT2D eigenvalue weighted by molar-refractivity contribution is 7.98. The predicted molar refractivity (Wildman–Crippen MR) is 105 cm³/mol. The molecule has 1 aromatic carbocycles. The summed E-state index contributed by atoms with van der Waals surface area (Å²) in [7, 11) is 0. The van der Waals surface area contributed by atoms with Gasteiger partial charge in [-0.15, -0.1) is 10.2 Å². The number of nitrogens with one attached hydrogen (secondary N) is 1. The van der Waals surface area contributed by atoms with E-state index in [0.717, 1.165) is 10.9 Å². The highest BCUT2D eigenvalue weighted by Gasteiger charge is 2.13. The van der Waals surface area contributed by atoms with Gasteiger partial charge >= 0.3 is 11.7 Å². The number of rotatable bonds is 6. The van der Waals surface area contributed by atoms with Crippen LogP contribution in [0, 0.1) is 0 Å². The third-order valence-electron chi connectivity index (χ3n) is 3.84. The molecule has 1 N–H and O–H groups in total. The Bertz CT molecular complexity index is 1200. The van der Waals surface area contributed by atoms with Crippen LogP contribution < -0.4 is 10.9 Å². The molecule has 0 atom stereocenters. The Morgan fingerprint density at radius 3 is 2.90 bits per heavy atom. The zero-order valence-corrected chi connectivity index (χ0v) is 16.0. The van der Waals surface area contributed by atoms with Crippen LogP contribution in [-0.4, -0.2) is 22.9 Å². The molecule has 1 amide bonds. The Morgan fingerprint density at radius 2 is 2.10 bits per heavy atom. The first-order valence-corrected chi connectivity index (χ1v) is 9.61. The summed E-state index contributed by atoms with van der Waals surface area (Å²) >= 11 is 1.28. The monoisotopic (exact) mass is 413 g/mol. The number of ether oxygens (including phenoxy) is 1. The van der Waals surface area contributed by atoms with Gasteiger partial charge in [0.05, 0.1) is 12.9 Å². The average Bonchev–Trinajstić information content (AvgIpc) is 3.37. The fourth-order valence-corrected chi connectivity index (χ4v) is 3.37. The topological polar surface area (TPSA) is 121 Å². The summed E-state index contributed by atoms with van der Waals surface area (Å²) in [6, 6.07) is 9.90. The predicted octanol–water partition coefficient (Wildman–Crippen LogP) is 4.30. The number of anilines is 1. The number of carbonyl (C=O) groups excluding carboxylic acids is 1. The van der Waals surface area contributed by atoms with E-state index >= 15 is 0 Å². The second-order valence-corrected chi connectivity index (χ2v) is 6.71. The molecule has 0 saturated heterocycles. The fraction of sp³-hybridized carbons (Fsp3) is 0.158. The zero-order chi connectivity index (χ0) is 20.2. The summed E-state index contributed by atoms with van der Waals surface area (Å²) in [5.41, 5.74) is 1.05. The molecule has 148 valence electrons. The first-order valence-electron chi connectivity index (χ1n) is 8.63. The molecule has 29 heavy (non-hydrogen) atoms. The van der Waals surface area contributed by atoms with Gasteiger partial charge in [-0.3, -0.25) is 5.32 Å². The number of furan rings is 1. The average molecular weight is 413 g/mol. The zero-order valence-electron chi connectivity index (χ0n) is 15.2. The van der Waals surface area contributed by atoms with Gasteiger partial charge < -0.3 is 18.0 Å². The number of benzene rings is 1. The lowest BCUT2D eigenvalue weighted by atomic mass is 10.1. The molecule has 10 heteroatoms. The quantitative estimate of drug-likeness (QED) is 0.364. The normalized spacial score (nSPS) is 10.9. The van der Waals surface area contributed by atoms with Gasteiger partial charge in [-0.2, -0.15) is 0 Å². The van der Waals surface area contributed by atoms with Gasteiger partial charge in [0.1, 0.15) is 5.58 Å². The molecule has 0 saturated carbocycles. The molecule has 3 aromatic heterocycles. The molecule has 0 aliphatic heterocycles. The second-order valence-electron chi connectivity index (χ2n) is 5.79. The number of carbonyl (C=O) groups is 1. The summed E-state index contributed by atoms with van der Waals surface area (Å²) < 4.78 is 20.9. The summed E-state index contributed by atoms with van der Waals surface area (Å²) in [6.07, 6.45) is 0.942. The molecule has 0 unspecified atom stereocenters. The van der Waals surface area contributed by atoms with E-state index in [-0.39, 0.29) is 12.5 Å². The second kappa shape index (κ2) is 8.23. The van der Waals surface area contributed by atoms with Crippen molar-refractivity contribution in [1.29, 1.82) is 0 Å². The molecule has 0 fully saturated rings. The van der Waals surface area contributed by atoms with Crippen molar-refractivity contribution in [1.82, 2.24) is 10.2 Å². The molecule has 0 aliphatic carbocycles. The Hall–Kier alpha value is -3.53. The Morgan fingerprint density at radius 1 is 1.21 bits per heavy atom. The van der Waals surface area contributed by atoms with E-state index < -0.39 is 11.7 Å². The van der Waals surface area contributed by atoms with Crippen molar-refractivity contribution in [3.8, 4) is 11.7 Å². The van der Waals surface area contributed by atoms with Crippen molar-refractivity contribution in [2.24, 2.45) is 0 Å². The van der Waals surface area contributed by atoms with Crippen LogP contribution in [0.1, 0.15) is 12.5 Å². The fourth-order valence-electron chi connectivity index (χ4n) is 2.62. The highest BCUT2D eigenvalue weighted by Crippen LogP contribution is 2.29. The number of thioether (sulfide) groups is 1. The maximum atomic E-state index is 12.0. The van der Waals surface area contributed by atoms with Crippen LogP contribution >= 0.6 is 11.8 Å². The Kier molecular flexibility index (Phi) is 5.34. The van der Waals surface area contributed by atoms with Gasteiger partial charge in [0.15, 0.2) is 5.76 Å². The van der Waals surface area contributed by atoms with Gasteiger partial charge in [0.2, 0.25) is 0 Å². The molecule has 0 spiro atoms. The molecule has 4 aromatic rings. The van der Waals surface area contributed by atoms with Crippen molar-refractivity contribution in [3.63, 3.8) is 0 Å². The first kappa shape index (κ1) is 18.8. The molecular weight excluding hydrogens is 398 g/mol. The number of hydrogen-bond acceptors (Lipinski definition) is 9. The minimum absolute atomic E-state index is 0.257. The van der Waals surface area contributed by atoms with Gasteiger partial charge in [-0.25, -0.2) is 9.59 Å². The van der Waals surface area contributed by atoms with Crippen LogP contribution in [0.4, 0.5) is 10.5 Å². The summed E-state index contributed by atoms with van der Waals surface area (Å²) in [5, 5.41) is 11.6. The Labute approximate surface area is 168 Å². The number of aromatic nitrogens is 2. The molecule has 0 bridgehead atoms. The van der Waals surface area contributed by atoms with E-state index in [2.05, 4.69) is 15.5 Å². The molecule has 9 nitrogen and oxygen atoms in total. The largest absolute Gasteiger partial charge is 0.459 e. The lowest BCUT2D eigenvalue weighted by Crippen LogP contribution is -2.13. The summed E-state index contributed by atoms with van der Waals surface area (Å²) in [4.78, 5) is 23.5. The van der Waals surface area contributed by atoms with Crippen LogP contribution in [0.25, 0.3) is 22.6 Å². The van der Waals surface area contributed by atoms with Gasteiger partial charge in [0, 0.05) is 29.0 Å². The van der Waals surface area contributed by atoms with E-state index in [9.17, 15) is 9.59 Å². The first-order chi connectivity index (χ1) is 14.1. The number of hydrogen-bond donors (Lipinski definition) is 1. The van der Waals surface area contributed by atoms with Crippen molar-refractivity contribution in [2.45, 2.75) is 17.9 Å². The highest BCUT2D eigenvalue weighted by atomic mass is 32.2. The van der Waals surface area contributed by atoms with Crippen molar-refractivity contribution in [2.75, 3.05) is 11.9 Å². The van der Waals surface area contributed by atoms with E-state index in [1.165, 1.54) is 24.1 Å². The van der Waals surface area contributed by atoms with Crippen LogP contribution in [0.5, 0.6) is 0 Å². The van der Waals surface area contributed by atoms with Crippen LogP contribution in [0.3, 0.4) is 0 Å². The van der Waals surface area contributed by atoms with Crippen molar-refractivity contribution < 1.29 is 22.8 Å². The third-order valence-corrected chi connectivity index (χ3v) is 4.71. The van der Waals surface area contributed by atoms with Gasteiger partial charge in [-0.1, -0.05) is 11.8 Å². The smallest absolute Gasteiger partial charge is 0.411 e. The number of fused-ring (bicyclic) bond motifs is 1. The SMILES string of the molecule is CCOC(=O)Nc1ccc2c(CSc3nnc(-c4ccco4)o3)cc(=O)oc2c1. The van der Waals surface area contributed by atoms with Crippen LogP contribution in [0.15, 0.2) is 65.9 Å². The van der Waals surface area contributed by atoms with Crippen molar-refractivity contribution in [3.05, 3.63) is 58.6 Å². The minimum atomic E-state index is -0.579. The maximum absolute atomic E-state index is 12.0. The minimum Gasteiger partial charge on any atom is -0.459 e. The van der Waals surface area contributed by atoms with Crippen LogP contribution in [0.2, 0.25) is 0 Å². The van der Waals surface area contributed by atoms with E-state index in [4.69, 9.17) is 18.0 Å². The van der Waals surface area contributed by atoms with Gasteiger partial charge in [0.25, 0.3) is 11.1 Å². The standard InChI is InChI=1S/C19H15N3O6S/c1-2-25-18(24)20-12-5-6-13-11(8-16(23)27-15(13)9-12)10-29-19-22-21-17(28-19)14-4-3-7-26-14/h3-9H,2,10H2,1H3,(H,20,24). The van der Waals surface area contributed by atoms with Crippen molar-refractivity contribution >= 4 is 34.5 Å². The lowest BCUT2D eigenvalue weighted by molar-refractivity contribution is 0.168. The molecular formula is C19H15N3O6S. The van der Waals surface area contributed by atoms with E-state index in [1.807, 2.05) is 0 Å². The Balaban J connectivity index is 1.54. The molecule has 0 radical (unpaired) electrons. The number of amides is 1. The van der Waals surface area contributed by atoms with Crippen LogP contribution in [-0.2, 0) is 10.5 Å². The van der Waals surface area contributed by atoms with Gasteiger partial charge in [-0.05, 0) is 36.8 Å². The van der Waals surface area contributed by atoms with E-state index in [0.29, 0.717) is 28.0 Å². The summed E-state index contributed by atoms with van der Waals surface area (Å²) in [5.74, 6) is 1.17. The third kappa shape index (κ3) is 4.32. The molecule has 3 heterocycles. The maximum Gasteiger partial charge on any atom is 0.411 e. The molecule has 0 aliphatic rings. The number of nitrogens with zero attached hydrogens (tertiary/aromatic N) is 2. The van der Waals surface area contributed by atoms with E-state index in [1.54, 1.807) is 37.3 Å².